The summed E-state index contributed by atoms with van der Waals surface area (Å²) in [6, 6.07) is 14.1. The Kier molecular flexibility index (Phi) is 9.11. The summed E-state index contributed by atoms with van der Waals surface area (Å²) < 4.78 is 29.3. The summed E-state index contributed by atoms with van der Waals surface area (Å²) in [7, 11) is 3.04. The number of furan rings is 1. The number of hydrogen-bond donors (Lipinski definition) is 1. The molecule has 0 aliphatic heterocycles. The molecule has 3 aromatic rings. The van der Waals surface area contributed by atoms with Crippen molar-refractivity contribution in [3.8, 4) is 11.5 Å². The van der Waals surface area contributed by atoms with Gasteiger partial charge in [0.25, 0.3) is 0 Å². The SMILES string of the molecule is CCCN(CC(=O)N(Cc1ccc(F)cc1)Cc1ccco1)C(=O)Nc1ccc(OC)cc1OC. The second-order valence-corrected chi connectivity index (χ2v) is 7.87. The molecule has 0 radical (unpaired) electrons. The molecule has 35 heavy (non-hydrogen) atoms. The summed E-state index contributed by atoms with van der Waals surface area (Å²) in [6.45, 7) is 2.63. The van der Waals surface area contributed by atoms with Crippen LogP contribution in [-0.2, 0) is 17.9 Å². The van der Waals surface area contributed by atoms with Crippen molar-refractivity contribution in [2.45, 2.75) is 26.4 Å². The zero-order valence-corrected chi connectivity index (χ0v) is 20.1. The van der Waals surface area contributed by atoms with E-state index in [-0.39, 0.29) is 31.4 Å². The van der Waals surface area contributed by atoms with Crippen LogP contribution < -0.4 is 14.8 Å². The molecule has 1 heterocycles. The topological polar surface area (TPSA) is 84.3 Å². The fraction of sp³-hybridized carbons (Fsp3) is 0.308. The standard InChI is InChI=1S/C26H30FN3O5/c1-4-13-29(26(32)28-23-12-11-21(33-2)15-24(23)34-3)18-25(31)30(17-22-6-5-14-35-22)16-19-7-9-20(27)10-8-19/h5-12,14-15H,4,13,16-18H2,1-3H3,(H,28,32). The number of ether oxygens (including phenoxy) is 2. The maximum atomic E-state index is 13.3. The highest BCUT2D eigenvalue weighted by Crippen LogP contribution is 2.29. The zero-order chi connectivity index (χ0) is 25.2. The van der Waals surface area contributed by atoms with Crippen LogP contribution in [0.25, 0.3) is 0 Å². The second-order valence-electron chi connectivity index (χ2n) is 7.87. The number of hydrogen-bond acceptors (Lipinski definition) is 5. The molecule has 0 aliphatic rings. The number of benzene rings is 2. The molecule has 186 valence electrons. The van der Waals surface area contributed by atoms with Gasteiger partial charge in [-0.05, 0) is 48.4 Å². The number of nitrogens with one attached hydrogen (secondary N) is 1. The minimum Gasteiger partial charge on any atom is -0.497 e. The van der Waals surface area contributed by atoms with Gasteiger partial charge in [0.05, 0.1) is 32.7 Å². The molecular weight excluding hydrogens is 453 g/mol. The van der Waals surface area contributed by atoms with Crippen LogP contribution in [0.5, 0.6) is 11.5 Å². The third-order valence-electron chi connectivity index (χ3n) is 5.32. The van der Waals surface area contributed by atoms with Crippen LogP contribution in [0.4, 0.5) is 14.9 Å². The molecule has 0 saturated heterocycles. The van der Waals surface area contributed by atoms with E-state index in [1.54, 1.807) is 54.5 Å². The second kappa shape index (κ2) is 12.5. The number of anilines is 1. The van der Waals surface area contributed by atoms with Crippen LogP contribution in [0, 0.1) is 5.82 Å². The number of rotatable bonds is 11. The first kappa shape index (κ1) is 25.6. The first-order chi connectivity index (χ1) is 16.9. The van der Waals surface area contributed by atoms with Gasteiger partial charge < -0.3 is 29.0 Å². The number of urea groups is 1. The first-order valence-electron chi connectivity index (χ1n) is 11.3. The van der Waals surface area contributed by atoms with Gasteiger partial charge in [-0.3, -0.25) is 4.79 Å². The van der Waals surface area contributed by atoms with Gasteiger partial charge in [-0.2, -0.15) is 0 Å². The molecule has 0 fully saturated rings. The number of carbonyl (C=O) groups excluding carboxylic acids is 2. The van der Waals surface area contributed by atoms with E-state index in [9.17, 15) is 14.0 Å². The largest absolute Gasteiger partial charge is 0.497 e. The molecule has 2 aromatic carbocycles. The molecule has 3 amide bonds. The highest BCUT2D eigenvalue weighted by Gasteiger charge is 2.23. The molecule has 0 atom stereocenters. The van der Waals surface area contributed by atoms with Crippen molar-refractivity contribution in [2.24, 2.45) is 0 Å². The Morgan fingerprint density at radius 2 is 1.77 bits per heavy atom. The molecule has 0 aliphatic carbocycles. The van der Waals surface area contributed by atoms with Crippen molar-refractivity contribution < 1.29 is 27.9 Å². The van der Waals surface area contributed by atoms with Gasteiger partial charge in [0.1, 0.15) is 29.6 Å². The quantitative estimate of drug-likeness (QED) is 0.419. The van der Waals surface area contributed by atoms with Crippen LogP contribution >= 0.6 is 0 Å². The van der Waals surface area contributed by atoms with Crippen LogP contribution in [-0.4, -0.2) is 49.0 Å². The summed E-state index contributed by atoms with van der Waals surface area (Å²) in [5, 5.41) is 2.82. The lowest BCUT2D eigenvalue weighted by atomic mass is 10.2. The minimum atomic E-state index is -0.427. The van der Waals surface area contributed by atoms with Crippen molar-refractivity contribution in [3.05, 3.63) is 78.0 Å². The van der Waals surface area contributed by atoms with Gasteiger partial charge in [-0.25, -0.2) is 9.18 Å². The lowest BCUT2D eigenvalue weighted by Gasteiger charge is -2.27. The predicted octanol–water partition coefficient (Wildman–Crippen LogP) is 4.91. The summed E-state index contributed by atoms with van der Waals surface area (Å²) in [5.41, 5.74) is 1.23. The van der Waals surface area contributed by atoms with Crippen molar-refractivity contribution in [3.63, 3.8) is 0 Å². The molecule has 0 saturated carbocycles. The van der Waals surface area contributed by atoms with E-state index in [4.69, 9.17) is 13.9 Å². The third-order valence-corrected chi connectivity index (χ3v) is 5.32. The van der Waals surface area contributed by atoms with E-state index < -0.39 is 6.03 Å². The van der Waals surface area contributed by atoms with E-state index in [0.717, 1.165) is 5.56 Å². The van der Waals surface area contributed by atoms with Gasteiger partial charge in [-0.15, -0.1) is 0 Å². The average molecular weight is 484 g/mol. The summed E-state index contributed by atoms with van der Waals surface area (Å²) in [6.07, 6.45) is 2.20. The summed E-state index contributed by atoms with van der Waals surface area (Å²) in [4.78, 5) is 29.5. The molecule has 1 aromatic heterocycles. The smallest absolute Gasteiger partial charge is 0.322 e. The molecule has 9 heteroatoms. The third kappa shape index (κ3) is 7.23. The molecule has 0 unspecified atom stereocenters. The van der Waals surface area contributed by atoms with Gasteiger partial charge in [0.2, 0.25) is 5.91 Å². The van der Waals surface area contributed by atoms with Crippen LogP contribution in [0.1, 0.15) is 24.7 Å². The maximum absolute atomic E-state index is 13.3. The van der Waals surface area contributed by atoms with Gasteiger partial charge >= 0.3 is 6.03 Å². The number of halogens is 1. The van der Waals surface area contributed by atoms with Crippen molar-refractivity contribution in [2.75, 3.05) is 32.6 Å². The summed E-state index contributed by atoms with van der Waals surface area (Å²) in [5.74, 6) is 1.02. The normalized spacial score (nSPS) is 10.5. The molecular formula is C26H30FN3O5. The van der Waals surface area contributed by atoms with Gasteiger partial charge in [0.15, 0.2) is 0 Å². The Morgan fingerprint density at radius 3 is 2.40 bits per heavy atom. The lowest BCUT2D eigenvalue weighted by Crippen LogP contribution is -2.44. The molecule has 8 nitrogen and oxygen atoms in total. The number of methoxy groups -OCH3 is 2. The van der Waals surface area contributed by atoms with Gasteiger partial charge in [-0.1, -0.05) is 19.1 Å². The monoisotopic (exact) mass is 483 g/mol. The number of nitrogens with zero attached hydrogens (tertiary/aromatic N) is 2. The van der Waals surface area contributed by atoms with Crippen molar-refractivity contribution >= 4 is 17.6 Å². The number of carbonyl (C=O) groups is 2. The summed E-state index contributed by atoms with van der Waals surface area (Å²) >= 11 is 0. The van der Waals surface area contributed by atoms with E-state index >= 15 is 0 Å². The van der Waals surface area contributed by atoms with Gasteiger partial charge in [0, 0.05) is 19.2 Å². The fourth-order valence-corrected chi connectivity index (χ4v) is 3.51. The Hall–Kier alpha value is -4.01. The Morgan fingerprint density at radius 1 is 1.00 bits per heavy atom. The van der Waals surface area contributed by atoms with E-state index in [1.165, 1.54) is 30.4 Å². The minimum absolute atomic E-state index is 0.139. The highest BCUT2D eigenvalue weighted by molar-refractivity contribution is 5.93. The number of amides is 3. The van der Waals surface area contributed by atoms with E-state index in [1.807, 2.05) is 6.92 Å². The van der Waals surface area contributed by atoms with Crippen LogP contribution in [0.3, 0.4) is 0 Å². The Balaban J connectivity index is 1.75. The Bertz CT molecular complexity index is 1100. The zero-order valence-electron chi connectivity index (χ0n) is 20.1. The maximum Gasteiger partial charge on any atom is 0.322 e. The Labute approximate surface area is 204 Å². The van der Waals surface area contributed by atoms with Crippen molar-refractivity contribution in [1.82, 2.24) is 9.80 Å². The molecule has 1 N–H and O–H groups in total. The fourth-order valence-electron chi connectivity index (χ4n) is 3.51. The molecule has 0 spiro atoms. The highest BCUT2D eigenvalue weighted by atomic mass is 19.1. The van der Waals surface area contributed by atoms with Crippen molar-refractivity contribution in [1.29, 1.82) is 0 Å². The molecule has 0 bridgehead atoms. The van der Waals surface area contributed by atoms with E-state index in [2.05, 4.69) is 5.32 Å². The average Bonchev–Trinajstić information content (AvgIpc) is 3.38. The van der Waals surface area contributed by atoms with Crippen LogP contribution in [0.2, 0.25) is 0 Å². The molecule has 3 rings (SSSR count). The first-order valence-corrected chi connectivity index (χ1v) is 11.3. The van der Waals surface area contributed by atoms with E-state index in [0.29, 0.717) is 35.9 Å². The predicted molar refractivity (Wildman–Crippen MR) is 130 cm³/mol. The van der Waals surface area contributed by atoms with Crippen LogP contribution in [0.15, 0.2) is 65.3 Å². The lowest BCUT2D eigenvalue weighted by molar-refractivity contribution is -0.133.